The van der Waals surface area contributed by atoms with Gasteiger partial charge in [0.25, 0.3) is 5.56 Å². The normalized spacial score (nSPS) is 14.2. The third-order valence-electron chi connectivity index (χ3n) is 5.02. The Morgan fingerprint density at radius 3 is 2.71 bits per heavy atom. The Labute approximate surface area is 139 Å². The lowest BCUT2D eigenvalue weighted by Gasteiger charge is -2.17. The lowest BCUT2D eigenvalue weighted by molar-refractivity contribution is 0.577. The topological polar surface area (TPSA) is 39.8 Å². The second kappa shape index (κ2) is 5.06. The monoisotopic (exact) mass is 315 g/mol. The molecule has 24 heavy (non-hydrogen) atoms. The fraction of sp³-hybridized carbons (Fsp3) is 0.200. The summed E-state index contributed by atoms with van der Waals surface area (Å²) in [4.78, 5) is 17.7. The number of benzene rings is 1. The molecular weight excluding hydrogens is 298 g/mol. The third kappa shape index (κ3) is 1.80. The first-order valence-electron chi connectivity index (χ1n) is 8.43. The minimum atomic E-state index is 0.00373. The van der Waals surface area contributed by atoms with Crippen LogP contribution >= 0.6 is 0 Å². The van der Waals surface area contributed by atoms with Gasteiger partial charge in [0.2, 0.25) is 0 Å². The molecule has 0 saturated heterocycles. The van der Waals surface area contributed by atoms with E-state index in [-0.39, 0.29) is 5.56 Å². The summed E-state index contributed by atoms with van der Waals surface area (Å²) in [6.07, 6.45) is 8.08. The van der Waals surface area contributed by atoms with E-state index in [1.54, 1.807) is 10.9 Å². The maximum Gasteiger partial charge on any atom is 0.277 e. The predicted molar refractivity (Wildman–Crippen MR) is 95.4 cm³/mol. The van der Waals surface area contributed by atoms with Crippen LogP contribution in [0, 0.1) is 0 Å². The number of rotatable bonds is 1. The first-order valence-corrected chi connectivity index (χ1v) is 8.43. The summed E-state index contributed by atoms with van der Waals surface area (Å²) in [5, 5.41) is 2.88. The van der Waals surface area contributed by atoms with Crippen LogP contribution in [-0.2, 0) is 12.8 Å². The molecule has 0 aliphatic heterocycles. The molecule has 1 aliphatic rings. The fourth-order valence-electron chi connectivity index (χ4n) is 3.91. The summed E-state index contributed by atoms with van der Waals surface area (Å²) < 4.78 is 3.75. The summed E-state index contributed by atoms with van der Waals surface area (Å²) in [5.41, 5.74) is 3.46. The Kier molecular flexibility index (Phi) is 2.86. The van der Waals surface area contributed by atoms with Crippen molar-refractivity contribution in [2.75, 3.05) is 0 Å². The van der Waals surface area contributed by atoms with Gasteiger partial charge in [-0.1, -0.05) is 18.2 Å². The van der Waals surface area contributed by atoms with Crippen LogP contribution < -0.4 is 5.56 Å². The van der Waals surface area contributed by atoms with Crippen molar-refractivity contribution in [3.63, 3.8) is 0 Å². The zero-order valence-corrected chi connectivity index (χ0v) is 13.3. The van der Waals surface area contributed by atoms with Crippen molar-refractivity contribution in [3.8, 4) is 0 Å². The molecule has 0 spiro atoms. The van der Waals surface area contributed by atoms with E-state index in [1.807, 2.05) is 47.3 Å². The molecular formula is C20H17N3O. The summed E-state index contributed by atoms with van der Waals surface area (Å²) in [5.74, 6) is 0. The van der Waals surface area contributed by atoms with E-state index in [9.17, 15) is 4.79 Å². The van der Waals surface area contributed by atoms with Gasteiger partial charge in [0.15, 0.2) is 5.65 Å². The van der Waals surface area contributed by atoms with Crippen molar-refractivity contribution in [1.82, 2.24) is 14.3 Å². The molecule has 3 aromatic heterocycles. The Morgan fingerprint density at radius 1 is 0.917 bits per heavy atom. The number of fused-ring (bicyclic) bond motifs is 4. The highest BCUT2D eigenvalue weighted by molar-refractivity contribution is 5.83. The van der Waals surface area contributed by atoms with Gasteiger partial charge in [0.1, 0.15) is 0 Å². The van der Waals surface area contributed by atoms with Crippen LogP contribution in [0.1, 0.15) is 24.1 Å². The van der Waals surface area contributed by atoms with Crippen LogP contribution in [0.25, 0.3) is 21.8 Å². The average Bonchev–Trinajstić information content (AvgIpc) is 2.97. The van der Waals surface area contributed by atoms with Gasteiger partial charge in [-0.25, -0.2) is 14.3 Å². The first kappa shape index (κ1) is 13.5. The summed E-state index contributed by atoms with van der Waals surface area (Å²) in [6.45, 7) is 0. The number of pyridine rings is 2. The molecule has 1 aromatic carbocycles. The molecule has 4 heteroatoms. The minimum absolute atomic E-state index is 0.00373. The van der Waals surface area contributed by atoms with Crippen molar-refractivity contribution in [2.24, 2.45) is 0 Å². The Balaban J connectivity index is 1.91. The quantitative estimate of drug-likeness (QED) is 0.539. The van der Waals surface area contributed by atoms with E-state index in [4.69, 9.17) is 0 Å². The number of aryl methyl sites for hydroxylation is 1. The van der Waals surface area contributed by atoms with Gasteiger partial charge in [-0.3, -0.25) is 4.79 Å². The minimum Gasteiger partial charge on any atom is -0.267 e. The molecule has 1 aliphatic carbocycles. The van der Waals surface area contributed by atoms with Gasteiger partial charge in [0, 0.05) is 28.9 Å². The average molecular weight is 315 g/mol. The highest BCUT2D eigenvalue weighted by atomic mass is 16.1. The standard InChI is InChI=1S/C20H17N3O/c24-20-15-7-2-1-6-14(15)11-13-22(20)23-18-10-4-3-8-16(18)17-9-5-12-21-19(17)23/h1-2,5-7,9,11-13H,3-4,8,10H2. The van der Waals surface area contributed by atoms with E-state index in [1.165, 1.54) is 23.1 Å². The molecule has 0 saturated carbocycles. The first-order chi connectivity index (χ1) is 11.8. The largest absolute Gasteiger partial charge is 0.277 e. The highest BCUT2D eigenvalue weighted by Gasteiger charge is 2.22. The second-order valence-corrected chi connectivity index (χ2v) is 6.37. The molecule has 0 unspecified atom stereocenters. The molecule has 3 heterocycles. The molecule has 0 bridgehead atoms. The molecule has 0 N–H and O–H groups in total. The number of hydrogen-bond donors (Lipinski definition) is 0. The van der Waals surface area contributed by atoms with Gasteiger partial charge in [-0.05, 0) is 60.9 Å². The van der Waals surface area contributed by atoms with E-state index in [0.29, 0.717) is 0 Å². The van der Waals surface area contributed by atoms with Crippen LogP contribution in [0.2, 0.25) is 0 Å². The number of hydrogen-bond acceptors (Lipinski definition) is 2. The van der Waals surface area contributed by atoms with Crippen molar-refractivity contribution >= 4 is 21.8 Å². The van der Waals surface area contributed by atoms with Crippen LogP contribution in [0.3, 0.4) is 0 Å². The summed E-state index contributed by atoms with van der Waals surface area (Å²) in [7, 11) is 0. The molecule has 0 radical (unpaired) electrons. The van der Waals surface area contributed by atoms with Gasteiger partial charge in [0.05, 0.1) is 0 Å². The molecule has 5 rings (SSSR count). The number of nitrogens with zero attached hydrogens (tertiary/aromatic N) is 3. The van der Waals surface area contributed by atoms with E-state index < -0.39 is 0 Å². The molecule has 0 fully saturated rings. The van der Waals surface area contributed by atoms with Crippen LogP contribution in [0.5, 0.6) is 0 Å². The van der Waals surface area contributed by atoms with Gasteiger partial charge >= 0.3 is 0 Å². The van der Waals surface area contributed by atoms with Crippen LogP contribution in [0.4, 0.5) is 0 Å². The van der Waals surface area contributed by atoms with Crippen molar-refractivity contribution in [2.45, 2.75) is 25.7 Å². The summed E-state index contributed by atoms with van der Waals surface area (Å²) in [6, 6.07) is 13.8. The fourth-order valence-corrected chi connectivity index (χ4v) is 3.91. The molecule has 4 nitrogen and oxygen atoms in total. The molecule has 118 valence electrons. The Bertz CT molecular complexity index is 1140. The Morgan fingerprint density at radius 2 is 1.75 bits per heavy atom. The lowest BCUT2D eigenvalue weighted by Crippen LogP contribution is -2.27. The smallest absolute Gasteiger partial charge is 0.267 e. The van der Waals surface area contributed by atoms with E-state index in [2.05, 4.69) is 11.1 Å². The van der Waals surface area contributed by atoms with Gasteiger partial charge in [-0.2, -0.15) is 0 Å². The van der Waals surface area contributed by atoms with E-state index in [0.717, 1.165) is 35.7 Å². The zero-order valence-electron chi connectivity index (χ0n) is 13.3. The summed E-state index contributed by atoms with van der Waals surface area (Å²) >= 11 is 0. The zero-order chi connectivity index (χ0) is 16.1. The predicted octanol–water partition coefficient (Wildman–Crippen LogP) is 3.54. The lowest BCUT2D eigenvalue weighted by atomic mass is 9.96. The Hall–Kier alpha value is -2.88. The van der Waals surface area contributed by atoms with Gasteiger partial charge in [-0.15, -0.1) is 0 Å². The van der Waals surface area contributed by atoms with Crippen LogP contribution in [-0.4, -0.2) is 14.3 Å². The van der Waals surface area contributed by atoms with Gasteiger partial charge < -0.3 is 0 Å². The molecule has 0 atom stereocenters. The highest BCUT2D eigenvalue weighted by Crippen LogP contribution is 2.30. The van der Waals surface area contributed by atoms with Crippen molar-refractivity contribution < 1.29 is 0 Å². The number of aromatic nitrogens is 3. The molecule has 4 aromatic rings. The third-order valence-corrected chi connectivity index (χ3v) is 5.02. The maximum atomic E-state index is 13.1. The second-order valence-electron chi connectivity index (χ2n) is 6.37. The van der Waals surface area contributed by atoms with Crippen molar-refractivity contribution in [1.29, 1.82) is 0 Å². The SMILES string of the molecule is O=c1c2ccccc2ccn1-n1c2c(c3cccnc31)CCCC2. The van der Waals surface area contributed by atoms with E-state index >= 15 is 0 Å². The van der Waals surface area contributed by atoms with Crippen molar-refractivity contribution in [3.05, 3.63) is 76.5 Å². The molecule has 0 amide bonds. The maximum absolute atomic E-state index is 13.1. The van der Waals surface area contributed by atoms with Crippen LogP contribution in [0.15, 0.2) is 59.7 Å².